The van der Waals surface area contributed by atoms with E-state index >= 15 is 0 Å². The van der Waals surface area contributed by atoms with Crippen LogP contribution in [0.3, 0.4) is 0 Å². The van der Waals surface area contributed by atoms with Crippen molar-refractivity contribution in [3.8, 4) is 0 Å². The average Bonchev–Trinajstić information content (AvgIpc) is 1.90. The van der Waals surface area contributed by atoms with Gasteiger partial charge in [0.15, 0.2) is 0 Å². The quantitative estimate of drug-likeness (QED) is 0.515. The van der Waals surface area contributed by atoms with Crippen LogP contribution in [-0.2, 0) is 14.3 Å². The second kappa shape index (κ2) is 5.88. The molecule has 0 fully saturated rings. The van der Waals surface area contributed by atoms with Crippen LogP contribution in [0.15, 0.2) is 25.0 Å². The van der Waals surface area contributed by atoms with Gasteiger partial charge in [-0.2, -0.15) is 0 Å². The number of hydrogen-bond donors (Lipinski definition) is 0. The van der Waals surface area contributed by atoms with Gasteiger partial charge in [0.05, 0.1) is 0 Å². The Balaban J connectivity index is 0.000000180. The molecule has 1 heterocycles. The molecule has 0 spiro atoms. The Bertz CT molecular complexity index is 123. The van der Waals surface area contributed by atoms with Crippen LogP contribution in [0.25, 0.3) is 0 Å². The molecule has 0 bridgehead atoms. The summed E-state index contributed by atoms with van der Waals surface area (Å²) in [6.45, 7) is 3.06. The summed E-state index contributed by atoms with van der Waals surface area (Å²) in [5.41, 5.74) is 0. The highest BCUT2D eigenvalue weighted by molar-refractivity contribution is 5.72. The summed E-state index contributed by atoms with van der Waals surface area (Å²) in [4.78, 5) is 9.44. The van der Waals surface area contributed by atoms with Crippen LogP contribution in [0.5, 0.6) is 0 Å². The first kappa shape index (κ1) is 8.75. The SMILES string of the molecule is C1=COC=CO1.CC(C)=O. The molecule has 0 aromatic heterocycles. The summed E-state index contributed by atoms with van der Waals surface area (Å²) >= 11 is 0. The van der Waals surface area contributed by atoms with Crippen molar-refractivity contribution in [3.05, 3.63) is 25.0 Å². The molecule has 1 aliphatic rings. The topological polar surface area (TPSA) is 35.5 Å². The van der Waals surface area contributed by atoms with Gasteiger partial charge in [0, 0.05) is 0 Å². The molecule has 0 aromatic rings. The van der Waals surface area contributed by atoms with Crippen LogP contribution in [0, 0.1) is 0 Å². The Morgan fingerprint density at radius 1 is 1.00 bits per heavy atom. The van der Waals surface area contributed by atoms with Gasteiger partial charge in [-0.05, 0) is 13.8 Å². The molecule has 0 saturated carbocycles. The number of hydrogen-bond acceptors (Lipinski definition) is 3. The summed E-state index contributed by atoms with van der Waals surface area (Å²) in [5.74, 6) is 0.167. The Morgan fingerprint density at radius 2 is 1.20 bits per heavy atom. The lowest BCUT2D eigenvalue weighted by molar-refractivity contribution is -0.114. The maximum absolute atomic E-state index is 9.44. The number of carbonyl (C=O) groups is 1. The fraction of sp³-hybridized carbons (Fsp3) is 0.286. The van der Waals surface area contributed by atoms with Crippen molar-refractivity contribution in [2.75, 3.05) is 0 Å². The number of rotatable bonds is 0. The van der Waals surface area contributed by atoms with E-state index in [0.29, 0.717) is 0 Å². The van der Waals surface area contributed by atoms with E-state index in [9.17, 15) is 4.79 Å². The predicted octanol–water partition coefficient (Wildman–Crippen LogP) is 1.57. The van der Waals surface area contributed by atoms with Crippen LogP contribution >= 0.6 is 0 Å². The highest BCUT2D eigenvalue weighted by Gasteiger charge is 1.74. The lowest BCUT2D eigenvalue weighted by atomic mass is 10.6. The summed E-state index contributed by atoms with van der Waals surface area (Å²) in [6.07, 6.45) is 5.83. The van der Waals surface area contributed by atoms with E-state index < -0.39 is 0 Å². The van der Waals surface area contributed by atoms with Crippen LogP contribution in [-0.4, -0.2) is 5.78 Å². The summed E-state index contributed by atoms with van der Waals surface area (Å²) < 4.78 is 9.17. The smallest absolute Gasteiger partial charge is 0.126 e. The molecule has 1 aliphatic heterocycles. The lowest BCUT2D eigenvalue weighted by Crippen LogP contribution is -1.74. The van der Waals surface area contributed by atoms with Crippen molar-refractivity contribution in [3.63, 3.8) is 0 Å². The van der Waals surface area contributed by atoms with Gasteiger partial charge in [0.25, 0.3) is 0 Å². The second-order valence-corrected chi connectivity index (χ2v) is 1.72. The Labute approximate surface area is 59.9 Å². The van der Waals surface area contributed by atoms with Crippen molar-refractivity contribution >= 4 is 5.78 Å². The minimum absolute atomic E-state index is 0.167. The number of ketones is 1. The summed E-state index contributed by atoms with van der Waals surface area (Å²) in [7, 11) is 0. The number of Topliss-reactive ketones (excluding diaryl/α,β-unsaturated/α-hetero) is 1. The molecule has 56 valence electrons. The van der Waals surface area contributed by atoms with E-state index in [4.69, 9.17) is 0 Å². The van der Waals surface area contributed by atoms with Gasteiger partial charge in [0.1, 0.15) is 30.8 Å². The summed E-state index contributed by atoms with van der Waals surface area (Å²) in [5, 5.41) is 0. The van der Waals surface area contributed by atoms with Crippen molar-refractivity contribution in [2.24, 2.45) is 0 Å². The van der Waals surface area contributed by atoms with E-state index in [1.54, 1.807) is 0 Å². The third-order valence-corrected chi connectivity index (χ3v) is 0.425. The Morgan fingerprint density at radius 3 is 1.30 bits per heavy atom. The fourth-order valence-corrected chi connectivity index (χ4v) is 0.219. The van der Waals surface area contributed by atoms with E-state index in [1.807, 2.05) is 0 Å². The second-order valence-electron chi connectivity index (χ2n) is 1.72. The Kier molecular flexibility index (Phi) is 5.14. The van der Waals surface area contributed by atoms with Crippen LogP contribution < -0.4 is 0 Å². The molecular formula is C7H10O3. The van der Waals surface area contributed by atoms with Crippen LogP contribution in [0.2, 0.25) is 0 Å². The monoisotopic (exact) mass is 142 g/mol. The first-order valence-electron chi connectivity index (χ1n) is 2.81. The number of carbonyl (C=O) groups excluding carboxylic acids is 1. The standard InChI is InChI=1S/C4H4O2.C3H6O/c1-2-6-4-3-5-1;1-3(2)4/h1-4H;1-2H3. The number of ether oxygens (including phenoxy) is 2. The van der Waals surface area contributed by atoms with E-state index in [1.165, 1.54) is 38.9 Å². The molecule has 0 aliphatic carbocycles. The molecule has 0 saturated heterocycles. The van der Waals surface area contributed by atoms with Gasteiger partial charge in [0.2, 0.25) is 0 Å². The molecule has 3 nitrogen and oxygen atoms in total. The third-order valence-electron chi connectivity index (χ3n) is 0.425. The minimum atomic E-state index is 0.167. The minimum Gasteiger partial charge on any atom is -0.466 e. The van der Waals surface area contributed by atoms with Gasteiger partial charge in [-0.25, -0.2) is 0 Å². The van der Waals surface area contributed by atoms with E-state index in [-0.39, 0.29) is 5.78 Å². The zero-order valence-electron chi connectivity index (χ0n) is 6.03. The third kappa shape index (κ3) is 9.89. The highest BCUT2D eigenvalue weighted by Crippen LogP contribution is 1.89. The first-order valence-corrected chi connectivity index (χ1v) is 2.81. The molecule has 0 amide bonds. The molecule has 3 heteroatoms. The highest BCUT2D eigenvalue weighted by atomic mass is 16.5. The van der Waals surface area contributed by atoms with Crippen molar-refractivity contribution in [1.82, 2.24) is 0 Å². The molecule has 0 atom stereocenters. The van der Waals surface area contributed by atoms with Gasteiger partial charge >= 0.3 is 0 Å². The normalized spacial score (nSPS) is 12.2. The molecule has 1 rings (SSSR count). The van der Waals surface area contributed by atoms with Crippen LogP contribution in [0.1, 0.15) is 13.8 Å². The zero-order chi connectivity index (χ0) is 7.82. The van der Waals surface area contributed by atoms with Crippen molar-refractivity contribution in [1.29, 1.82) is 0 Å². The van der Waals surface area contributed by atoms with E-state index in [2.05, 4.69) is 9.47 Å². The fourth-order valence-electron chi connectivity index (χ4n) is 0.219. The molecule has 0 unspecified atom stereocenters. The van der Waals surface area contributed by atoms with Gasteiger partial charge in [-0.1, -0.05) is 0 Å². The zero-order valence-corrected chi connectivity index (χ0v) is 6.03. The molecule has 0 aromatic carbocycles. The molecule has 10 heavy (non-hydrogen) atoms. The summed E-state index contributed by atoms with van der Waals surface area (Å²) in [6, 6.07) is 0. The van der Waals surface area contributed by atoms with Gasteiger partial charge < -0.3 is 14.3 Å². The molecular weight excluding hydrogens is 132 g/mol. The van der Waals surface area contributed by atoms with Crippen LogP contribution in [0.4, 0.5) is 0 Å². The van der Waals surface area contributed by atoms with Gasteiger partial charge in [-0.15, -0.1) is 0 Å². The first-order chi connectivity index (χ1) is 4.73. The maximum atomic E-state index is 9.44. The van der Waals surface area contributed by atoms with Crippen molar-refractivity contribution < 1.29 is 14.3 Å². The maximum Gasteiger partial charge on any atom is 0.126 e. The molecule has 0 N–H and O–H groups in total. The predicted molar refractivity (Wildman–Crippen MR) is 36.8 cm³/mol. The molecule has 0 radical (unpaired) electrons. The Hall–Kier alpha value is -1.25. The largest absolute Gasteiger partial charge is 0.466 e. The van der Waals surface area contributed by atoms with Crippen molar-refractivity contribution in [2.45, 2.75) is 13.8 Å². The lowest BCUT2D eigenvalue weighted by Gasteiger charge is -1.94. The van der Waals surface area contributed by atoms with Gasteiger partial charge in [-0.3, -0.25) is 0 Å². The average molecular weight is 142 g/mol. The van der Waals surface area contributed by atoms with E-state index in [0.717, 1.165) is 0 Å².